The Labute approximate surface area is 53.2 Å². The molecule has 0 aromatic carbocycles. The van der Waals surface area contributed by atoms with Gasteiger partial charge in [0.1, 0.15) is 6.04 Å². The molecular weight excluding hydrogens is 118 g/mol. The van der Waals surface area contributed by atoms with Gasteiger partial charge in [0, 0.05) is 12.3 Å². The number of nitrogens with two attached hydrogens (primary N) is 1. The number of Topliss-reactive ketones (excluding diaryl/α,β-unsaturated/α-hetero) is 2. The van der Waals surface area contributed by atoms with Crippen LogP contribution in [0, 0.1) is 5.92 Å². The molecule has 2 unspecified atom stereocenters. The Hall–Kier alpha value is -0.700. The summed E-state index contributed by atoms with van der Waals surface area (Å²) in [4.78, 5) is 21.4. The maximum atomic E-state index is 10.8. The van der Waals surface area contributed by atoms with Gasteiger partial charge in [-0.25, -0.2) is 0 Å². The molecule has 50 valence electrons. The van der Waals surface area contributed by atoms with E-state index in [4.69, 9.17) is 5.73 Å². The normalized spacial score (nSPS) is 35.8. The molecule has 1 fully saturated rings. The van der Waals surface area contributed by atoms with Crippen molar-refractivity contribution in [3.05, 3.63) is 0 Å². The summed E-state index contributed by atoms with van der Waals surface area (Å²) in [5.41, 5.74) is 5.21. The van der Waals surface area contributed by atoms with Crippen LogP contribution in [0.25, 0.3) is 0 Å². The summed E-state index contributed by atoms with van der Waals surface area (Å²) in [5.74, 6) is -0.375. The molecule has 0 heterocycles. The highest BCUT2D eigenvalue weighted by molar-refractivity contribution is 6.13. The first-order chi connectivity index (χ1) is 4.13. The van der Waals surface area contributed by atoms with Gasteiger partial charge in [0.05, 0.1) is 0 Å². The minimum Gasteiger partial charge on any atom is -0.315 e. The average Bonchev–Trinajstić information content (AvgIpc) is 1.98. The van der Waals surface area contributed by atoms with E-state index < -0.39 is 6.04 Å². The Morgan fingerprint density at radius 2 is 2.11 bits per heavy atom. The molecule has 3 heteroatoms. The summed E-state index contributed by atoms with van der Waals surface area (Å²) in [6.07, 6.45) is 0.333. The third-order valence-corrected chi connectivity index (χ3v) is 1.65. The fourth-order valence-electron chi connectivity index (χ4n) is 0.995. The van der Waals surface area contributed by atoms with Gasteiger partial charge in [-0.3, -0.25) is 9.59 Å². The van der Waals surface area contributed by atoms with Crippen LogP contribution in [0.15, 0.2) is 0 Å². The summed E-state index contributed by atoms with van der Waals surface area (Å²) in [7, 11) is 0. The standard InChI is InChI=1S/C6H9NO2/c1-3-2-4(8)5(7)6(3)9/h3,5H,2,7H2,1H3. The largest absolute Gasteiger partial charge is 0.315 e. The lowest BCUT2D eigenvalue weighted by Gasteiger charge is -1.95. The van der Waals surface area contributed by atoms with Gasteiger partial charge >= 0.3 is 0 Å². The van der Waals surface area contributed by atoms with E-state index in [1.54, 1.807) is 6.92 Å². The van der Waals surface area contributed by atoms with Gasteiger partial charge in [-0.15, -0.1) is 0 Å². The number of hydrogen-bond donors (Lipinski definition) is 1. The van der Waals surface area contributed by atoms with Gasteiger partial charge < -0.3 is 5.73 Å². The van der Waals surface area contributed by atoms with Crippen LogP contribution < -0.4 is 5.73 Å². The third kappa shape index (κ3) is 0.876. The van der Waals surface area contributed by atoms with Crippen LogP contribution in [-0.2, 0) is 9.59 Å². The van der Waals surface area contributed by atoms with Crippen LogP contribution in [0.2, 0.25) is 0 Å². The quantitative estimate of drug-likeness (QED) is 0.446. The van der Waals surface area contributed by atoms with Crippen molar-refractivity contribution in [1.29, 1.82) is 0 Å². The van der Waals surface area contributed by atoms with Gasteiger partial charge in [-0.05, 0) is 0 Å². The Bertz CT molecular complexity index is 164. The first-order valence-electron chi connectivity index (χ1n) is 2.95. The van der Waals surface area contributed by atoms with Gasteiger partial charge in [-0.1, -0.05) is 6.92 Å². The van der Waals surface area contributed by atoms with Crippen LogP contribution in [0.1, 0.15) is 13.3 Å². The lowest BCUT2D eigenvalue weighted by molar-refractivity contribution is -0.124. The molecule has 0 radical (unpaired) electrons. The van der Waals surface area contributed by atoms with Crippen molar-refractivity contribution in [2.45, 2.75) is 19.4 Å². The Kier molecular flexibility index (Phi) is 1.37. The van der Waals surface area contributed by atoms with Gasteiger partial charge in [0.15, 0.2) is 11.6 Å². The van der Waals surface area contributed by atoms with E-state index in [1.165, 1.54) is 0 Å². The summed E-state index contributed by atoms with van der Waals surface area (Å²) >= 11 is 0. The molecule has 0 saturated heterocycles. The smallest absolute Gasteiger partial charge is 0.160 e. The van der Waals surface area contributed by atoms with E-state index in [9.17, 15) is 9.59 Å². The predicted molar refractivity (Wildman–Crippen MR) is 31.8 cm³/mol. The molecule has 0 aromatic heterocycles. The maximum Gasteiger partial charge on any atom is 0.160 e. The zero-order valence-corrected chi connectivity index (χ0v) is 5.26. The first-order valence-corrected chi connectivity index (χ1v) is 2.95. The minimum absolute atomic E-state index is 0.111. The number of carbonyl (C=O) groups is 2. The first kappa shape index (κ1) is 6.42. The highest BCUT2D eigenvalue weighted by Crippen LogP contribution is 2.15. The fourth-order valence-corrected chi connectivity index (χ4v) is 0.995. The van der Waals surface area contributed by atoms with Crippen LogP contribution in [-0.4, -0.2) is 17.6 Å². The molecule has 0 aromatic rings. The van der Waals surface area contributed by atoms with Crippen molar-refractivity contribution in [1.82, 2.24) is 0 Å². The second-order valence-electron chi connectivity index (χ2n) is 2.45. The third-order valence-electron chi connectivity index (χ3n) is 1.65. The van der Waals surface area contributed by atoms with Crippen molar-refractivity contribution in [2.75, 3.05) is 0 Å². The molecule has 1 aliphatic carbocycles. The predicted octanol–water partition coefficient (Wildman–Crippen LogP) is -0.508. The van der Waals surface area contributed by atoms with Crippen molar-refractivity contribution in [2.24, 2.45) is 11.7 Å². The molecule has 2 N–H and O–H groups in total. The molecule has 0 amide bonds. The number of rotatable bonds is 0. The van der Waals surface area contributed by atoms with Crippen LogP contribution >= 0.6 is 0 Å². The SMILES string of the molecule is CC1CC(=O)C(N)C1=O. The van der Waals surface area contributed by atoms with Crippen molar-refractivity contribution >= 4 is 11.6 Å². The van der Waals surface area contributed by atoms with Crippen LogP contribution in [0.3, 0.4) is 0 Å². The maximum absolute atomic E-state index is 10.8. The molecule has 0 spiro atoms. The molecule has 3 nitrogen and oxygen atoms in total. The van der Waals surface area contributed by atoms with Gasteiger partial charge in [0.2, 0.25) is 0 Å². The van der Waals surface area contributed by atoms with E-state index in [0.29, 0.717) is 6.42 Å². The summed E-state index contributed by atoms with van der Waals surface area (Å²) < 4.78 is 0. The zero-order valence-electron chi connectivity index (χ0n) is 5.26. The minimum atomic E-state index is -0.819. The van der Waals surface area contributed by atoms with Crippen LogP contribution in [0.4, 0.5) is 0 Å². The van der Waals surface area contributed by atoms with Crippen LogP contribution in [0.5, 0.6) is 0 Å². The van der Waals surface area contributed by atoms with Crippen molar-refractivity contribution in [3.63, 3.8) is 0 Å². The highest BCUT2D eigenvalue weighted by Gasteiger charge is 2.35. The zero-order chi connectivity index (χ0) is 7.02. The monoisotopic (exact) mass is 127 g/mol. The Morgan fingerprint density at radius 3 is 2.22 bits per heavy atom. The molecular formula is C6H9NO2. The van der Waals surface area contributed by atoms with Crippen molar-refractivity contribution < 1.29 is 9.59 Å². The van der Waals surface area contributed by atoms with E-state index in [2.05, 4.69) is 0 Å². The van der Waals surface area contributed by atoms with Gasteiger partial charge in [0.25, 0.3) is 0 Å². The summed E-state index contributed by atoms with van der Waals surface area (Å²) in [5, 5.41) is 0. The van der Waals surface area contributed by atoms with E-state index >= 15 is 0 Å². The van der Waals surface area contributed by atoms with E-state index in [-0.39, 0.29) is 17.5 Å². The Morgan fingerprint density at radius 1 is 1.56 bits per heavy atom. The number of ketones is 2. The molecule has 2 atom stereocenters. The van der Waals surface area contributed by atoms with Crippen molar-refractivity contribution in [3.8, 4) is 0 Å². The number of hydrogen-bond acceptors (Lipinski definition) is 3. The van der Waals surface area contributed by atoms with E-state index in [1.807, 2.05) is 0 Å². The van der Waals surface area contributed by atoms with Gasteiger partial charge in [-0.2, -0.15) is 0 Å². The second kappa shape index (κ2) is 1.92. The van der Waals surface area contributed by atoms with E-state index in [0.717, 1.165) is 0 Å². The highest BCUT2D eigenvalue weighted by atomic mass is 16.2. The summed E-state index contributed by atoms with van der Waals surface area (Å²) in [6.45, 7) is 1.73. The lowest BCUT2D eigenvalue weighted by Crippen LogP contribution is -2.32. The molecule has 0 bridgehead atoms. The molecule has 9 heavy (non-hydrogen) atoms. The average molecular weight is 127 g/mol. The molecule has 1 rings (SSSR count). The second-order valence-corrected chi connectivity index (χ2v) is 2.45. The topological polar surface area (TPSA) is 60.2 Å². The fraction of sp³-hybridized carbons (Fsp3) is 0.667. The molecule has 1 saturated carbocycles. The molecule has 0 aliphatic heterocycles. The summed E-state index contributed by atoms with van der Waals surface area (Å²) in [6, 6.07) is -0.819. The lowest BCUT2D eigenvalue weighted by atomic mass is 10.1. The Balaban J connectivity index is 2.77. The molecule has 1 aliphatic rings. The number of carbonyl (C=O) groups excluding carboxylic acids is 2.